The molecular weight excluding hydrogens is 204 g/mol. The van der Waals surface area contributed by atoms with Crippen molar-refractivity contribution >= 4 is 0 Å². The van der Waals surface area contributed by atoms with E-state index < -0.39 is 0 Å². The van der Waals surface area contributed by atoms with Gasteiger partial charge in [0.1, 0.15) is 0 Å². The Morgan fingerprint density at radius 2 is 1.69 bits per heavy atom. The van der Waals surface area contributed by atoms with Crippen LogP contribution in [-0.2, 0) is 0 Å². The second kappa shape index (κ2) is 5.32. The number of hydrogen-bond acceptors (Lipinski definition) is 3. The van der Waals surface area contributed by atoms with Crippen LogP contribution in [0, 0.1) is 12.3 Å². The van der Waals surface area contributed by atoms with E-state index >= 15 is 0 Å². The Morgan fingerprint density at radius 1 is 1.06 bits per heavy atom. The molecule has 0 fully saturated rings. The molecule has 1 atom stereocenters. The number of rotatable bonds is 4. The zero-order valence-electron chi connectivity index (χ0n) is 10.0. The zero-order valence-corrected chi connectivity index (χ0v) is 10.0. The highest BCUT2D eigenvalue weighted by atomic mass is 16.5. The highest BCUT2D eigenvalue weighted by Gasteiger charge is 2.18. The molecule has 3 heteroatoms. The number of hydrogen-bond donors (Lipinski definition) is 0. The second-order valence-electron chi connectivity index (χ2n) is 3.31. The largest absolute Gasteiger partial charge is 0.493 e. The first-order chi connectivity index (χ1) is 7.69. The summed E-state index contributed by atoms with van der Waals surface area (Å²) in [6.07, 6.45) is 5.41. The van der Waals surface area contributed by atoms with Crippen LogP contribution in [0.25, 0.3) is 0 Å². The van der Waals surface area contributed by atoms with Gasteiger partial charge in [0.2, 0.25) is 5.75 Å². The van der Waals surface area contributed by atoms with Gasteiger partial charge in [-0.25, -0.2) is 0 Å². The van der Waals surface area contributed by atoms with Crippen molar-refractivity contribution in [2.75, 3.05) is 21.3 Å². The summed E-state index contributed by atoms with van der Waals surface area (Å²) < 4.78 is 15.8. The fraction of sp³-hybridized carbons (Fsp3) is 0.385. The number of ether oxygens (including phenoxy) is 3. The number of terminal acetylenes is 1. The maximum Gasteiger partial charge on any atom is 0.203 e. The summed E-state index contributed by atoms with van der Waals surface area (Å²) in [5.41, 5.74) is 0.919. The average Bonchev–Trinajstić information content (AvgIpc) is 2.35. The topological polar surface area (TPSA) is 27.7 Å². The van der Waals surface area contributed by atoms with E-state index in [2.05, 4.69) is 5.92 Å². The average molecular weight is 220 g/mol. The van der Waals surface area contributed by atoms with Crippen LogP contribution in [0.2, 0.25) is 0 Å². The van der Waals surface area contributed by atoms with Gasteiger partial charge in [0.15, 0.2) is 11.5 Å². The van der Waals surface area contributed by atoms with Crippen LogP contribution in [-0.4, -0.2) is 21.3 Å². The minimum absolute atomic E-state index is 0.0326. The molecule has 0 heterocycles. The summed E-state index contributed by atoms with van der Waals surface area (Å²) >= 11 is 0. The summed E-state index contributed by atoms with van der Waals surface area (Å²) in [6.45, 7) is 1.93. The van der Waals surface area contributed by atoms with Crippen molar-refractivity contribution < 1.29 is 14.2 Å². The normalized spacial score (nSPS) is 11.4. The summed E-state index contributed by atoms with van der Waals surface area (Å²) in [5, 5.41) is 0. The smallest absolute Gasteiger partial charge is 0.203 e. The van der Waals surface area contributed by atoms with Gasteiger partial charge in [-0.2, -0.15) is 0 Å². The molecule has 1 rings (SSSR count). The van der Waals surface area contributed by atoms with Crippen molar-refractivity contribution in [1.29, 1.82) is 0 Å². The van der Waals surface area contributed by atoms with Crippen LogP contribution in [0.15, 0.2) is 12.1 Å². The lowest BCUT2D eigenvalue weighted by molar-refractivity contribution is 0.322. The molecule has 1 aromatic rings. The Bertz CT molecular complexity index is 404. The molecule has 0 aromatic heterocycles. The van der Waals surface area contributed by atoms with E-state index in [-0.39, 0.29) is 5.92 Å². The van der Waals surface area contributed by atoms with Crippen LogP contribution in [0.1, 0.15) is 18.4 Å². The van der Waals surface area contributed by atoms with Crippen LogP contribution >= 0.6 is 0 Å². The van der Waals surface area contributed by atoms with Gasteiger partial charge in [-0.3, -0.25) is 0 Å². The van der Waals surface area contributed by atoms with Gasteiger partial charge in [0.05, 0.1) is 21.3 Å². The van der Waals surface area contributed by atoms with E-state index in [1.807, 2.05) is 19.1 Å². The summed E-state index contributed by atoms with van der Waals surface area (Å²) in [6, 6.07) is 3.72. The molecule has 0 amide bonds. The summed E-state index contributed by atoms with van der Waals surface area (Å²) in [7, 11) is 4.75. The summed E-state index contributed by atoms with van der Waals surface area (Å²) in [4.78, 5) is 0. The van der Waals surface area contributed by atoms with Crippen LogP contribution in [0.4, 0.5) is 0 Å². The molecule has 0 spiro atoms. The highest BCUT2D eigenvalue weighted by molar-refractivity contribution is 5.57. The van der Waals surface area contributed by atoms with E-state index in [9.17, 15) is 0 Å². The first-order valence-electron chi connectivity index (χ1n) is 4.94. The Balaban J connectivity index is 3.38. The van der Waals surface area contributed by atoms with Gasteiger partial charge in [0.25, 0.3) is 0 Å². The van der Waals surface area contributed by atoms with Crippen molar-refractivity contribution in [3.63, 3.8) is 0 Å². The predicted octanol–water partition coefficient (Wildman–Crippen LogP) is 2.45. The zero-order chi connectivity index (χ0) is 12.1. The number of benzene rings is 1. The maximum absolute atomic E-state index is 5.41. The van der Waals surface area contributed by atoms with Gasteiger partial charge in [-0.05, 0) is 13.0 Å². The van der Waals surface area contributed by atoms with Gasteiger partial charge in [-0.15, -0.1) is 6.42 Å². The predicted molar refractivity (Wildman–Crippen MR) is 63.3 cm³/mol. The van der Waals surface area contributed by atoms with Gasteiger partial charge in [-0.1, -0.05) is 12.0 Å². The SMILES string of the molecule is C#CC(C)c1ccc(OC)c(OC)c1OC. The van der Waals surface area contributed by atoms with Crippen LogP contribution < -0.4 is 14.2 Å². The quantitative estimate of drug-likeness (QED) is 0.729. The van der Waals surface area contributed by atoms with Crippen molar-refractivity contribution in [3.8, 4) is 29.6 Å². The molecule has 3 nitrogen and oxygen atoms in total. The first-order valence-corrected chi connectivity index (χ1v) is 4.94. The third kappa shape index (κ3) is 2.06. The molecule has 1 aromatic carbocycles. The second-order valence-corrected chi connectivity index (χ2v) is 3.31. The third-order valence-electron chi connectivity index (χ3n) is 2.45. The van der Waals surface area contributed by atoms with Crippen molar-refractivity contribution in [2.24, 2.45) is 0 Å². The van der Waals surface area contributed by atoms with E-state index in [1.165, 1.54) is 0 Å². The molecule has 0 N–H and O–H groups in total. The molecule has 1 unspecified atom stereocenters. The minimum atomic E-state index is -0.0326. The fourth-order valence-electron chi connectivity index (χ4n) is 1.56. The lowest BCUT2D eigenvalue weighted by Crippen LogP contribution is -2.00. The third-order valence-corrected chi connectivity index (χ3v) is 2.45. The van der Waals surface area contributed by atoms with Gasteiger partial charge in [0, 0.05) is 11.5 Å². The molecular formula is C13H16O3. The highest BCUT2D eigenvalue weighted by Crippen LogP contribution is 2.42. The molecule has 0 saturated heterocycles. The van der Waals surface area contributed by atoms with Crippen molar-refractivity contribution in [2.45, 2.75) is 12.8 Å². The molecule has 0 radical (unpaired) electrons. The van der Waals surface area contributed by atoms with E-state index in [0.29, 0.717) is 17.2 Å². The monoisotopic (exact) mass is 220 g/mol. The molecule has 0 aliphatic carbocycles. The van der Waals surface area contributed by atoms with E-state index in [4.69, 9.17) is 20.6 Å². The van der Waals surface area contributed by atoms with Crippen molar-refractivity contribution in [3.05, 3.63) is 17.7 Å². The Morgan fingerprint density at radius 3 is 2.12 bits per heavy atom. The molecule has 0 saturated carbocycles. The summed E-state index contributed by atoms with van der Waals surface area (Å²) in [5.74, 6) is 4.47. The van der Waals surface area contributed by atoms with Gasteiger partial charge >= 0.3 is 0 Å². The lowest BCUT2D eigenvalue weighted by atomic mass is 10.00. The van der Waals surface area contributed by atoms with E-state index in [1.54, 1.807) is 21.3 Å². The fourth-order valence-corrected chi connectivity index (χ4v) is 1.56. The van der Waals surface area contributed by atoms with Crippen LogP contribution in [0.3, 0.4) is 0 Å². The van der Waals surface area contributed by atoms with Crippen LogP contribution in [0.5, 0.6) is 17.2 Å². The Labute approximate surface area is 96.3 Å². The molecule has 16 heavy (non-hydrogen) atoms. The molecule has 0 aliphatic heterocycles. The molecule has 0 aliphatic rings. The molecule has 86 valence electrons. The Kier molecular flexibility index (Phi) is 4.07. The van der Waals surface area contributed by atoms with E-state index in [0.717, 1.165) is 5.56 Å². The first kappa shape index (κ1) is 12.3. The Hall–Kier alpha value is -1.82. The minimum Gasteiger partial charge on any atom is -0.493 e. The lowest BCUT2D eigenvalue weighted by Gasteiger charge is -2.17. The number of methoxy groups -OCH3 is 3. The van der Waals surface area contributed by atoms with Gasteiger partial charge < -0.3 is 14.2 Å². The van der Waals surface area contributed by atoms with Crippen molar-refractivity contribution in [1.82, 2.24) is 0 Å². The standard InChI is InChI=1S/C13H16O3/c1-6-9(2)10-7-8-11(14-3)13(16-5)12(10)15-4/h1,7-9H,2-5H3. The maximum atomic E-state index is 5.41. The molecule has 0 bridgehead atoms.